The molecule has 1 saturated heterocycles. The molecule has 0 aliphatic carbocycles. The van der Waals surface area contributed by atoms with Crippen LogP contribution >= 0.6 is 0 Å². The summed E-state index contributed by atoms with van der Waals surface area (Å²) in [5.41, 5.74) is 1.35. The van der Waals surface area contributed by atoms with Crippen molar-refractivity contribution in [1.82, 2.24) is 9.97 Å². The number of aromatic nitrogens is 2. The van der Waals surface area contributed by atoms with Crippen molar-refractivity contribution in [3.05, 3.63) is 72.4 Å². The normalized spacial score (nSPS) is 14.6. The van der Waals surface area contributed by atoms with E-state index in [1.165, 1.54) is 24.3 Å². The molecule has 1 aromatic heterocycles. The number of hydrogen-bond donors (Lipinski definition) is 1. The van der Waals surface area contributed by atoms with Crippen LogP contribution in [0.2, 0.25) is 0 Å². The monoisotopic (exact) mass is 394 g/mol. The highest BCUT2D eigenvalue weighted by Crippen LogP contribution is 2.25. The van der Waals surface area contributed by atoms with Gasteiger partial charge in [0.15, 0.2) is 5.82 Å². The molecule has 0 spiro atoms. The average molecular weight is 394 g/mol. The Hall–Kier alpha value is -3.35. The van der Waals surface area contributed by atoms with Crippen LogP contribution < -0.4 is 10.2 Å². The summed E-state index contributed by atoms with van der Waals surface area (Å²) in [4.78, 5) is 23.5. The first-order valence-corrected chi connectivity index (χ1v) is 9.49. The molecule has 4 rings (SSSR count). The molecule has 7 heteroatoms. The fraction of sp³-hybridized carbons (Fsp3) is 0.227. The molecule has 1 fully saturated rings. The average Bonchev–Trinajstić information content (AvgIpc) is 2.76. The Morgan fingerprint density at radius 3 is 2.21 bits per heavy atom. The lowest BCUT2D eigenvalue weighted by Gasteiger charge is -2.32. The first kappa shape index (κ1) is 19.0. The van der Waals surface area contributed by atoms with Crippen molar-refractivity contribution in [1.29, 1.82) is 0 Å². The maximum atomic E-state index is 13.1. The highest BCUT2D eigenvalue weighted by atomic mass is 19.1. The van der Waals surface area contributed by atoms with Crippen LogP contribution in [-0.2, 0) is 4.79 Å². The molecular weight excluding hydrogens is 374 g/mol. The summed E-state index contributed by atoms with van der Waals surface area (Å²) in [5.74, 6) is 0.545. The maximum Gasteiger partial charge on any atom is 0.227 e. The number of amides is 1. The molecule has 2 aromatic carbocycles. The van der Waals surface area contributed by atoms with E-state index in [-0.39, 0.29) is 23.5 Å². The van der Waals surface area contributed by atoms with E-state index in [0.717, 1.165) is 11.4 Å². The topological polar surface area (TPSA) is 58.1 Å². The second kappa shape index (κ2) is 8.34. The third kappa shape index (κ3) is 4.56. The van der Waals surface area contributed by atoms with Gasteiger partial charge in [-0.1, -0.05) is 0 Å². The van der Waals surface area contributed by atoms with E-state index in [2.05, 4.69) is 20.2 Å². The summed E-state index contributed by atoms with van der Waals surface area (Å²) in [6.07, 6.45) is 3.08. The van der Waals surface area contributed by atoms with Crippen molar-refractivity contribution in [2.45, 2.75) is 12.8 Å². The van der Waals surface area contributed by atoms with E-state index in [1.807, 2.05) is 6.07 Å². The lowest BCUT2D eigenvalue weighted by atomic mass is 9.96. The van der Waals surface area contributed by atoms with Crippen molar-refractivity contribution in [2.24, 2.45) is 5.92 Å². The molecule has 1 aliphatic rings. The number of rotatable bonds is 4. The molecular formula is C22H20F2N4O. The van der Waals surface area contributed by atoms with Gasteiger partial charge >= 0.3 is 0 Å². The molecule has 1 amide bonds. The fourth-order valence-electron chi connectivity index (χ4n) is 3.41. The number of anilines is 2. The third-order valence-electron chi connectivity index (χ3n) is 5.04. The SMILES string of the molecule is O=C(Nc1ccc(F)cc1)C1CCN(c2ccnc(-c3ccc(F)cc3)n2)CC1. The van der Waals surface area contributed by atoms with Crippen LogP contribution in [0.15, 0.2) is 60.8 Å². The summed E-state index contributed by atoms with van der Waals surface area (Å²) in [7, 11) is 0. The number of halogens is 2. The van der Waals surface area contributed by atoms with E-state index in [9.17, 15) is 13.6 Å². The minimum absolute atomic E-state index is 0.0500. The molecule has 148 valence electrons. The number of nitrogens with one attached hydrogen (secondary N) is 1. The molecule has 1 N–H and O–H groups in total. The Morgan fingerprint density at radius 1 is 0.931 bits per heavy atom. The standard InChI is InChI=1S/C22H20F2N4O/c23-17-3-1-15(2-4-17)21-25-12-9-20(27-21)28-13-10-16(11-14-28)22(29)26-19-7-5-18(24)6-8-19/h1-9,12,16H,10-11,13-14H2,(H,26,29). The fourth-order valence-corrected chi connectivity index (χ4v) is 3.41. The number of carbonyl (C=O) groups is 1. The number of hydrogen-bond acceptors (Lipinski definition) is 4. The summed E-state index contributed by atoms with van der Waals surface area (Å²) >= 11 is 0. The number of carbonyl (C=O) groups excluding carboxylic acids is 1. The van der Waals surface area contributed by atoms with Gasteiger partial charge < -0.3 is 10.2 Å². The minimum atomic E-state index is -0.332. The van der Waals surface area contributed by atoms with Crippen LogP contribution in [0.1, 0.15) is 12.8 Å². The molecule has 0 atom stereocenters. The first-order chi connectivity index (χ1) is 14.1. The van der Waals surface area contributed by atoms with Crippen LogP contribution in [0.25, 0.3) is 11.4 Å². The largest absolute Gasteiger partial charge is 0.356 e. The number of piperidine rings is 1. The van der Waals surface area contributed by atoms with Crippen molar-refractivity contribution in [2.75, 3.05) is 23.3 Å². The predicted molar refractivity (Wildman–Crippen MR) is 107 cm³/mol. The van der Waals surface area contributed by atoms with Gasteiger partial charge in [-0.2, -0.15) is 0 Å². The summed E-state index contributed by atoms with van der Waals surface area (Å²) in [5, 5.41) is 2.85. The number of benzene rings is 2. The van der Waals surface area contributed by atoms with Gasteiger partial charge in [0.25, 0.3) is 0 Å². The highest BCUT2D eigenvalue weighted by molar-refractivity contribution is 5.92. The van der Waals surface area contributed by atoms with Crippen molar-refractivity contribution < 1.29 is 13.6 Å². The van der Waals surface area contributed by atoms with Crippen molar-refractivity contribution >= 4 is 17.4 Å². The Morgan fingerprint density at radius 2 is 1.55 bits per heavy atom. The van der Waals surface area contributed by atoms with Crippen LogP contribution in [-0.4, -0.2) is 29.0 Å². The molecule has 3 aromatic rings. The summed E-state index contributed by atoms with van der Waals surface area (Å²) < 4.78 is 26.1. The van der Waals surface area contributed by atoms with Crippen LogP contribution in [0.3, 0.4) is 0 Å². The van der Waals surface area contributed by atoms with E-state index in [1.54, 1.807) is 30.5 Å². The lowest BCUT2D eigenvalue weighted by Crippen LogP contribution is -2.38. The zero-order valence-corrected chi connectivity index (χ0v) is 15.7. The minimum Gasteiger partial charge on any atom is -0.356 e. The molecule has 2 heterocycles. The Balaban J connectivity index is 1.38. The van der Waals surface area contributed by atoms with Gasteiger partial charge in [-0.05, 0) is 67.4 Å². The van der Waals surface area contributed by atoms with E-state index < -0.39 is 0 Å². The second-order valence-corrected chi connectivity index (χ2v) is 7.00. The van der Waals surface area contributed by atoms with Gasteiger partial charge in [-0.3, -0.25) is 4.79 Å². The van der Waals surface area contributed by atoms with Gasteiger partial charge in [0, 0.05) is 36.5 Å². The smallest absolute Gasteiger partial charge is 0.227 e. The quantitative estimate of drug-likeness (QED) is 0.718. The zero-order valence-electron chi connectivity index (χ0n) is 15.7. The Kier molecular flexibility index (Phi) is 5.46. The Bertz CT molecular complexity index is 984. The van der Waals surface area contributed by atoms with Crippen molar-refractivity contribution in [3.63, 3.8) is 0 Å². The molecule has 0 bridgehead atoms. The summed E-state index contributed by atoms with van der Waals surface area (Å²) in [6, 6.07) is 13.7. The van der Waals surface area contributed by atoms with Gasteiger partial charge in [0.1, 0.15) is 17.5 Å². The number of nitrogens with zero attached hydrogens (tertiary/aromatic N) is 3. The lowest BCUT2D eigenvalue weighted by molar-refractivity contribution is -0.120. The van der Waals surface area contributed by atoms with Crippen LogP contribution in [0.4, 0.5) is 20.3 Å². The second-order valence-electron chi connectivity index (χ2n) is 7.00. The Labute approximate surface area is 167 Å². The van der Waals surface area contributed by atoms with E-state index in [0.29, 0.717) is 37.4 Å². The summed E-state index contributed by atoms with van der Waals surface area (Å²) in [6.45, 7) is 1.39. The van der Waals surface area contributed by atoms with Gasteiger partial charge in [0.05, 0.1) is 0 Å². The molecule has 0 unspecified atom stereocenters. The van der Waals surface area contributed by atoms with Crippen LogP contribution in [0, 0.1) is 17.6 Å². The van der Waals surface area contributed by atoms with E-state index in [4.69, 9.17) is 0 Å². The van der Waals surface area contributed by atoms with Crippen molar-refractivity contribution in [3.8, 4) is 11.4 Å². The van der Waals surface area contributed by atoms with Crippen LogP contribution in [0.5, 0.6) is 0 Å². The molecule has 5 nitrogen and oxygen atoms in total. The van der Waals surface area contributed by atoms with Gasteiger partial charge in [0.2, 0.25) is 5.91 Å². The third-order valence-corrected chi connectivity index (χ3v) is 5.04. The molecule has 0 radical (unpaired) electrons. The molecule has 0 saturated carbocycles. The molecule has 29 heavy (non-hydrogen) atoms. The van der Waals surface area contributed by atoms with E-state index >= 15 is 0 Å². The maximum absolute atomic E-state index is 13.1. The predicted octanol–water partition coefficient (Wildman–Crippen LogP) is 4.28. The highest BCUT2D eigenvalue weighted by Gasteiger charge is 2.26. The first-order valence-electron chi connectivity index (χ1n) is 9.49. The van der Waals surface area contributed by atoms with Gasteiger partial charge in [-0.25, -0.2) is 18.7 Å². The van der Waals surface area contributed by atoms with Gasteiger partial charge in [-0.15, -0.1) is 0 Å². The zero-order chi connectivity index (χ0) is 20.2. The molecule has 1 aliphatic heterocycles.